The molecule has 0 saturated heterocycles. The minimum atomic E-state index is -0.472. The summed E-state index contributed by atoms with van der Waals surface area (Å²) in [6.07, 6.45) is 1.36. The molecule has 6 nitrogen and oxygen atoms in total. The van der Waals surface area contributed by atoms with Crippen molar-refractivity contribution in [2.45, 2.75) is 0 Å². The highest BCUT2D eigenvalue weighted by atomic mass is 16.5. The molecule has 3 rings (SSSR count). The number of methoxy groups -OCH3 is 1. The number of anilines is 1. The lowest BCUT2D eigenvalue weighted by molar-refractivity contribution is 0.0600. The molecule has 0 bridgehead atoms. The van der Waals surface area contributed by atoms with E-state index in [0.717, 1.165) is 11.3 Å². The van der Waals surface area contributed by atoms with Gasteiger partial charge in [-0.15, -0.1) is 0 Å². The van der Waals surface area contributed by atoms with Crippen LogP contribution in [0.5, 0.6) is 0 Å². The Morgan fingerprint density at radius 3 is 2.44 bits per heavy atom. The summed E-state index contributed by atoms with van der Waals surface area (Å²) < 4.78 is 6.44. The van der Waals surface area contributed by atoms with E-state index in [-0.39, 0.29) is 5.91 Å². The molecule has 1 amide bonds. The van der Waals surface area contributed by atoms with Gasteiger partial charge in [0.1, 0.15) is 11.5 Å². The molecular weight excluding hydrogens is 318 g/mol. The van der Waals surface area contributed by atoms with E-state index < -0.39 is 5.97 Å². The summed E-state index contributed by atoms with van der Waals surface area (Å²) in [7, 11) is 3.14. The third-order valence-corrected chi connectivity index (χ3v) is 3.85. The van der Waals surface area contributed by atoms with E-state index in [4.69, 9.17) is 0 Å². The van der Waals surface area contributed by atoms with Crippen LogP contribution in [0.15, 0.2) is 60.8 Å². The number of ether oxygens (including phenoxy) is 1. The molecule has 0 unspecified atom stereocenters. The van der Waals surface area contributed by atoms with Gasteiger partial charge < -0.3 is 14.6 Å². The number of aromatic nitrogens is 2. The van der Waals surface area contributed by atoms with Crippen LogP contribution in [0.25, 0.3) is 11.3 Å². The molecular formula is C19H17N3O3. The van der Waals surface area contributed by atoms with Crippen molar-refractivity contribution in [3.05, 3.63) is 72.1 Å². The maximum atomic E-state index is 12.5. The fourth-order valence-electron chi connectivity index (χ4n) is 2.52. The van der Waals surface area contributed by atoms with Crippen LogP contribution < -0.4 is 5.32 Å². The number of carbonyl (C=O) groups is 2. The summed E-state index contributed by atoms with van der Waals surface area (Å²) in [4.78, 5) is 28.0. The number of hydrogen-bond donors (Lipinski definition) is 1. The first kappa shape index (κ1) is 16.4. The fourth-order valence-corrected chi connectivity index (χ4v) is 2.52. The van der Waals surface area contributed by atoms with Gasteiger partial charge in [-0.05, 0) is 29.8 Å². The van der Waals surface area contributed by atoms with Crippen molar-refractivity contribution in [2.75, 3.05) is 12.4 Å². The largest absolute Gasteiger partial charge is 0.465 e. The van der Waals surface area contributed by atoms with Crippen molar-refractivity contribution in [3.8, 4) is 11.3 Å². The van der Waals surface area contributed by atoms with E-state index in [1.54, 1.807) is 18.2 Å². The fraction of sp³-hybridized carbons (Fsp3) is 0.105. The van der Waals surface area contributed by atoms with E-state index in [1.807, 2.05) is 48.0 Å². The zero-order valence-electron chi connectivity index (χ0n) is 13.9. The normalized spacial score (nSPS) is 10.3. The summed E-state index contributed by atoms with van der Waals surface area (Å²) in [5.41, 5.74) is 2.81. The van der Waals surface area contributed by atoms with E-state index in [1.165, 1.54) is 13.3 Å². The monoisotopic (exact) mass is 335 g/mol. The van der Waals surface area contributed by atoms with Crippen LogP contribution in [-0.2, 0) is 11.8 Å². The highest BCUT2D eigenvalue weighted by Crippen LogP contribution is 2.21. The quantitative estimate of drug-likeness (QED) is 0.744. The molecule has 0 aliphatic carbocycles. The SMILES string of the molecule is COC(=O)c1ccc(NC(=O)c2ccc(-c3ccccc3)n2C)nc1. The topological polar surface area (TPSA) is 73.2 Å². The van der Waals surface area contributed by atoms with Crippen molar-refractivity contribution in [3.63, 3.8) is 0 Å². The maximum absolute atomic E-state index is 12.5. The number of hydrogen-bond acceptors (Lipinski definition) is 4. The Kier molecular flexibility index (Phi) is 4.61. The Morgan fingerprint density at radius 2 is 1.80 bits per heavy atom. The molecule has 0 aliphatic heterocycles. The number of rotatable bonds is 4. The van der Waals surface area contributed by atoms with Gasteiger partial charge in [0.2, 0.25) is 0 Å². The van der Waals surface area contributed by atoms with Crippen molar-refractivity contribution >= 4 is 17.7 Å². The van der Waals surface area contributed by atoms with Crippen LogP contribution in [0.2, 0.25) is 0 Å². The molecule has 3 aromatic rings. The Bertz CT molecular complexity index is 899. The Hall–Kier alpha value is -3.41. The summed E-state index contributed by atoms with van der Waals surface area (Å²) >= 11 is 0. The molecule has 0 radical (unpaired) electrons. The smallest absolute Gasteiger partial charge is 0.339 e. The van der Waals surface area contributed by atoms with Gasteiger partial charge in [0.25, 0.3) is 5.91 Å². The Balaban J connectivity index is 1.78. The van der Waals surface area contributed by atoms with Crippen molar-refractivity contribution in [1.29, 1.82) is 0 Å². The van der Waals surface area contributed by atoms with E-state index in [9.17, 15) is 9.59 Å². The first-order valence-electron chi connectivity index (χ1n) is 7.67. The number of nitrogens with zero attached hydrogens (tertiary/aromatic N) is 2. The minimum Gasteiger partial charge on any atom is -0.465 e. The second kappa shape index (κ2) is 7.00. The van der Waals surface area contributed by atoms with E-state index >= 15 is 0 Å². The Labute approximate surface area is 145 Å². The van der Waals surface area contributed by atoms with Crippen LogP contribution >= 0.6 is 0 Å². The van der Waals surface area contributed by atoms with Gasteiger partial charge in [-0.1, -0.05) is 30.3 Å². The summed E-state index contributed by atoms with van der Waals surface area (Å²) in [6, 6.07) is 16.6. The van der Waals surface area contributed by atoms with Gasteiger partial charge in [0, 0.05) is 18.9 Å². The third-order valence-electron chi connectivity index (χ3n) is 3.85. The number of amides is 1. The maximum Gasteiger partial charge on any atom is 0.339 e. The van der Waals surface area contributed by atoms with Crippen LogP contribution in [0.3, 0.4) is 0 Å². The number of benzene rings is 1. The molecule has 0 spiro atoms. The lowest BCUT2D eigenvalue weighted by Gasteiger charge is -2.09. The van der Waals surface area contributed by atoms with Gasteiger partial charge in [-0.25, -0.2) is 9.78 Å². The molecule has 2 heterocycles. The molecule has 25 heavy (non-hydrogen) atoms. The molecule has 6 heteroatoms. The van der Waals surface area contributed by atoms with Gasteiger partial charge in [0.05, 0.1) is 12.7 Å². The third kappa shape index (κ3) is 3.42. The van der Waals surface area contributed by atoms with Crippen LogP contribution in [0, 0.1) is 0 Å². The number of carbonyl (C=O) groups excluding carboxylic acids is 2. The van der Waals surface area contributed by atoms with Gasteiger partial charge in [0.15, 0.2) is 0 Å². The zero-order chi connectivity index (χ0) is 17.8. The first-order chi connectivity index (χ1) is 12.1. The second-order valence-electron chi connectivity index (χ2n) is 5.41. The van der Waals surface area contributed by atoms with Crippen molar-refractivity contribution in [1.82, 2.24) is 9.55 Å². The molecule has 2 aromatic heterocycles. The summed E-state index contributed by atoms with van der Waals surface area (Å²) in [5.74, 6) is -0.386. The van der Waals surface area contributed by atoms with Gasteiger partial charge in [-0.3, -0.25) is 4.79 Å². The van der Waals surface area contributed by atoms with Gasteiger partial charge in [-0.2, -0.15) is 0 Å². The summed E-state index contributed by atoms with van der Waals surface area (Å²) in [6.45, 7) is 0. The van der Waals surface area contributed by atoms with Crippen LogP contribution in [0.4, 0.5) is 5.82 Å². The molecule has 0 fully saturated rings. The number of pyridine rings is 1. The van der Waals surface area contributed by atoms with E-state index in [0.29, 0.717) is 17.1 Å². The van der Waals surface area contributed by atoms with Gasteiger partial charge >= 0.3 is 5.97 Å². The molecule has 1 N–H and O–H groups in total. The van der Waals surface area contributed by atoms with Crippen molar-refractivity contribution in [2.24, 2.45) is 7.05 Å². The Morgan fingerprint density at radius 1 is 1.04 bits per heavy atom. The highest BCUT2D eigenvalue weighted by molar-refractivity contribution is 6.03. The predicted molar refractivity (Wildman–Crippen MR) is 94.4 cm³/mol. The minimum absolute atomic E-state index is 0.275. The van der Waals surface area contributed by atoms with Crippen LogP contribution in [0.1, 0.15) is 20.8 Å². The average Bonchev–Trinajstić information content (AvgIpc) is 3.04. The number of nitrogens with one attached hydrogen (secondary N) is 1. The summed E-state index contributed by atoms with van der Waals surface area (Å²) in [5, 5.41) is 2.72. The molecule has 0 aliphatic rings. The molecule has 0 atom stereocenters. The number of esters is 1. The molecule has 1 aromatic carbocycles. The van der Waals surface area contributed by atoms with Crippen LogP contribution in [-0.4, -0.2) is 28.5 Å². The standard InChI is InChI=1S/C19H17N3O3/c1-22-15(13-6-4-3-5-7-13)9-10-16(22)18(23)21-17-11-8-14(12-20-17)19(24)25-2/h3-12H,1-2H3,(H,20,21,23). The molecule has 126 valence electrons. The first-order valence-corrected chi connectivity index (χ1v) is 7.67. The highest BCUT2D eigenvalue weighted by Gasteiger charge is 2.14. The lowest BCUT2D eigenvalue weighted by atomic mass is 10.2. The van der Waals surface area contributed by atoms with Crippen molar-refractivity contribution < 1.29 is 14.3 Å². The molecule has 0 saturated carbocycles. The predicted octanol–water partition coefficient (Wildman–Crippen LogP) is 3.13. The van der Waals surface area contributed by atoms with E-state index in [2.05, 4.69) is 15.0 Å². The zero-order valence-corrected chi connectivity index (χ0v) is 13.9. The lowest BCUT2D eigenvalue weighted by Crippen LogP contribution is -2.17. The average molecular weight is 335 g/mol. The second-order valence-corrected chi connectivity index (χ2v) is 5.41.